The van der Waals surface area contributed by atoms with Crippen molar-refractivity contribution in [1.29, 1.82) is 0 Å². The third-order valence-electron chi connectivity index (χ3n) is 4.00. The fourth-order valence-corrected chi connectivity index (χ4v) is 2.53. The SMILES string of the molecule is COc1ccc(CCC(=O)NCCNC(=O)c2ccc(NC(C)=O)cc2)cc1. The number of rotatable bonds is 9. The topological polar surface area (TPSA) is 96.5 Å². The molecule has 0 aliphatic rings. The molecule has 0 bridgehead atoms. The highest BCUT2D eigenvalue weighted by Gasteiger charge is 2.06. The van der Waals surface area contributed by atoms with E-state index in [1.165, 1.54) is 6.92 Å². The Kier molecular flexibility index (Phi) is 8.02. The highest BCUT2D eigenvalue weighted by Crippen LogP contribution is 2.12. The van der Waals surface area contributed by atoms with E-state index in [0.717, 1.165) is 11.3 Å². The van der Waals surface area contributed by atoms with Crippen LogP contribution in [0.25, 0.3) is 0 Å². The Morgan fingerprint density at radius 2 is 1.54 bits per heavy atom. The zero-order chi connectivity index (χ0) is 20.4. The van der Waals surface area contributed by atoms with E-state index < -0.39 is 0 Å². The van der Waals surface area contributed by atoms with Crippen molar-refractivity contribution >= 4 is 23.4 Å². The summed E-state index contributed by atoms with van der Waals surface area (Å²) in [6.45, 7) is 2.11. The van der Waals surface area contributed by atoms with Crippen LogP contribution in [0.2, 0.25) is 0 Å². The van der Waals surface area contributed by atoms with E-state index in [2.05, 4.69) is 16.0 Å². The van der Waals surface area contributed by atoms with Crippen molar-refractivity contribution < 1.29 is 19.1 Å². The molecule has 0 atom stereocenters. The molecule has 2 aromatic rings. The lowest BCUT2D eigenvalue weighted by Gasteiger charge is -2.08. The predicted octanol–water partition coefficient (Wildman–Crippen LogP) is 2.13. The van der Waals surface area contributed by atoms with Crippen LogP contribution in [0.1, 0.15) is 29.3 Å². The van der Waals surface area contributed by atoms with Crippen LogP contribution in [0.3, 0.4) is 0 Å². The quantitative estimate of drug-likeness (QED) is 0.578. The van der Waals surface area contributed by atoms with Crippen LogP contribution in [0.4, 0.5) is 5.69 Å². The zero-order valence-electron chi connectivity index (χ0n) is 16.1. The van der Waals surface area contributed by atoms with Gasteiger partial charge in [0.25, 0.3) is 5.91 Å². The van der Waals surface area contributed by atoms with Gasteiger partial charge in [0.15, 0.2) is 0 Å². The molecule has 0 saturated heterocycles. The van der Waals surface area contributed by atoms with E-state index in [-0.39, 0.29) is 17.7 Å². The first-order valence-electron chi connectivity index (χ1n) is 9.03. The van der Waals surface area contributed by atoms with Gasteiger partial charge in [-0.2, -0.15) is 0 Å². The summed E-state index contributed by atoms with van der Waals surface area (Å²) in [5, 5.41) is 8.17. The number of aryl methyl sites for hydroxylation is 1. The summed E-state index contributed by atoms with van der Waals surface area (Å²) >= 11 is 0. The summed E-state index contributed by atoms with van der Waals surface area (Å²) < 4.78 is 5.10. The van der Waals surface area contributed by atoms with E-state index in [1.807, 2.05) is 24.3 Å². The number of carbonyl (C=O) groups is 3. The minimum Gasteiger partial charge on any atom is -0.497 e. The molecular weight excluding hydrogens is 358 g/mol. The van der Waals surface area contributed by atoms with Gasteiger partial charge in [-0.1, -0.05) is 12.1 Å². The Morgan fingerprint density at radius 3 is 2.14 bits per heavy atom. The van der Waals surface area contributed by atoms with Gasteiger partial charge in [0.2, 0.25) is 11.8 Å². The third kappa shape index (κ3) is 7.11. The maximum absolute atomic E-state index is 12.1. The number of carbonyl (C=O) groups excluding carboxylic acids is 3. The van der Waals surface area contributed by atoms with Gasteiger partial charge < -0.3 is 20.7 Å². The van der Waals surface area contributed by atoms with Gasteiger partial charge >= 0.3 is 0 Å². The first-order chi connectivity index (χ1) is 13.5. The highest BCUT2D eigenvalue weighted by molar-refractivity contribution is 5.95. The summed E-state index contributed by atoms with van der Waals surface area (Å²) in [4.78, 5) is 34.9. The van der Waals surface area contributed by atoms with Crippen LogP contribution in [-0.4, -0.2) is 37.9 Å². The number of amides is 3. The maximum atomic E-state index is 12.1. The summed E-state index contributed by atoms with van der Waals surface area (Å²) in [7, 11) is 1.61. The number of hydrogen-bond donors (Lipinski definition) is 3. The number of anilines is 1. The van der Waals surface area contributed by atoms with Crippen LogP contribution in [0.5, 0.6) is 5.75 Å². The Hall–Kier alpha value is -3.35. The van der Waals surface area contributed by atoms with Gasteiger partial charge in [-0.3, -0.25) is 14.4 Å². The van der Waals surface area contributed by atoms with Gasteiger partial charge in [0.1, 0.15) is 5.75 Å². The minimum atomic E-state index is -0.234. The van der Waals surface area contributed by atoms with Crippen LogP contribution >= 0.6 is 0 Å². The van der Waals surface area contributed by atoms with Crippen LogP contribution in [0, 0.1) is 0 Å². The molecule has 148 valence electrons. The van der Waals surface area contributed by atoms with Gasteiger partial charge in [-0.05, 0) is 48.4 Å². The first-order valence-corrected chi connectivity index (χ1v) is 9.03. The molecule has 0 spiro atoms. The molecular formula is C21H25N3O4. The normalized spacial score (nSPS) is 10.1. The van der Waals surface area contributed by atoms with Crippen LogP contribution in [-0.2, 0) is 16.0 Å². The van der Waals surface area contributed by atoms with Crippen LogP contribution < -0.4 is 20.7 Å². The smallest absolute Gasteiger partial charge is 0.251 e. The summed E-state index contributed by atoms with van der Waals surface area (Å²) in [5.41, 5.74) is 2.18. The molecule has 0 heterocycles. The standard InChI is InChI=1S/C21H25N3O4/c1-15(25)24-18-8-6-17(7-9-18)21(27)23-14-13-22-20(26)12-5-16-3-10-19(28-2)11-4-16/h3-4,6-11H,5,12-14H2,1-2H3,(H,22,26)(H,23,27)(H,24,25). The second-order valence-electron chi connectivity index (χ2n) is 6.21. The van der Waals surface area contributed by atoms with E-state index in [0.29, 0.717) is 37.2 Å². The number of benzene rings is 2. The molecule has 0 radical (unpaired) electrons. The molecule has 0 fully saturated rings. The molecule has 0 unspecified atom stereocenters. The van der Waals surface area contributed by atoms with Gasteiger partial charge in [-0.15, -0.1) is 0 Å². The van der Waals surface area contributed by atoms with E-state index in [4.69, 9.17) is 4.74 Å². The number of hydrogen-bond acceptors (Lipinski definition) is 4. The van der Waals surface area contributed by atoms with E-state index in [9.17, 15) is 14.4 Å². The van der Waals surface area contributed by atoms with Gasteiger partial charge in [0, 0.05) is 37.7 Å². The van der Waals surface area contributed by atoms with Crippen molar-refractivity contribution in [3.63, 3.8) is 0 Å². The Morgan fingerprint density at radius 1 is 0.893 bits per heavy atom. The van der Waals surface area contributed by atoms with Gasteiger partial charge in [-0.25, -0.2) is 0 Å². The number of nitrogens with one attached hydrogen (secondary N) is 3. The van der Waals surface area contributed by atoms with Crippen molar-refractivity contribution in [3.8, 4) is 5.75 Å². The van der Waals surface area contributed by atoms with Crippen molar-refractivity contribution in [1.82, 2.24) is 10.6 Å². The Bertz CT molecular complexity index is 801. The molecule has 2 aromatic carbocycles. The molecule has 3 N–H and O–H groups in total. The maximum Gasteiger partial charge on any atom is 0.251 e. The Balaban J connectivity index is 1.65. The monoisotopic (exact) mass is 383 g/mol. The average molecular weight is 383 g/mol. The predicted molar refractivity (Wildman–Crippen MR) is 107 cm³/mol. The zero-order valence-corrected chi connectivity index (χ0v) is 16.1. The van der Waals surface area contributed by atoms with Crippen LogP contribution in [0.15, 0.2) is 48.5 Å². The number of ether oxygens (including phenoxy) is 1. The van der Waals surface area contributed by atoms with E-state index in [1.54, 1.807) is 31.4 Å². The van der Waals surface area contributed by atoms with Crippen molar-refractivity contribution in [2.75, 3.05) is 25.5 Å². The lowest BCUT2D eigenvalue weighted by Crippen LogP contribution is -2.34. The average Bonchev–Trinajstić information content (AvgIpc) is 2.70. The summed E-state index contributed by atoms with van der Waals surface area (Å²) in [5.74, 6) is 0.320. The molecule has 3 amide bonds. The third-order valence-corrected chi connectivity index (χ3v) is 4.00. The summed E-state index contributed by atoms with van der Waals surface area (Å²) in [6, 6.07) is 14.2. The highest BCUT2D eigenvalue weighted by atomic mass is 16.5. The molecule has 28 heavy (non-hydrogen) atoms. The molecule has 0 saturated carbocycles. The van der Waals surface area contributed by atoms with Crippen molar-refractivity contribution in [2.45, 2.75) is 19.8 Å². The molecule has 2 rings (SSSR count). The first kappa shape index (κ1) is 21.0. The molecule has 0 aliphatic heterocycles. The fraction of sp³-hybridized carbons (Fsp3) is 0.286. The molecule has 0 aliphatic carbocycles. The second kappa shape index (κ2) is 10.7. The van der Waals surface area contributed by atoms with Crippen molar-refractivity contribution in [2.24, 2.45) is 0 Å². The largest absolute Gasteiger partial charge is 0.497 e. The minimum absolute atomic E-state index is 0.0651. The molecule has 7 nitrogen and oxygen atoms in total. The lowest BCUT2D eigenvalue weighted by molar-refractivity contribution is -0.121. The lowest BCUT2D eigenvalue weighted by atomic mass is 10.1. The fourth-order valence-electron chi connectivity index (χ4n) is 2.53. The van der Waals surface area contributed by atoms with Crippen molar-refractivity contribution in [3.05, 3.63) is 59.7 Å². The molecule has 7 heteroatoms. The van der Waals surface area contributed by atoms with Gasteiger partial charge in [0.05, 0.1) is 7.11 Å². The van der Waals surface area contributed by atoms with E-state index >= 15 is 0 Å². The Labute approximate surface area is 164 Å². The second-order valence-corrected chi connectivity index (χ2v) is 6.21. The number of methoxy groups -OCH3 is 1. The summed E-state index contributed by atoms with van der Waals surface area (Å²) in [6.07, 6.45) is 1.02. The molecule has 0 aromatic heterocycles.